The van der Waals surface area contributed by atoms with Crippen molar-refractivity contribution in [2.24, 2.45) is 0 Å². The number of esters is 2. The Labute approximate surface area is 552 Å². The molecule has 2 amide bonds. The smallest absolute Gasteiger partial charge is 0.307 e. The Morgan fingerprint density at radius 1 is 0.441 bits per heavy atom. The summed E-state index contributed by atoms with van der Waals surface area (Å²) in [4.78, 5) is 92.3. The monoisotopic (exact) mass is 1300 g/mol. The summed E-state index contributed by atoms with van der Waals surface area (Å²) in [5, 5.41) is 8.74. The van der Waals surface area contributed by atoms with E-state index in [0.717, 1.165) is 147 Å². The van der Waals surface area contributed by atoms with Crippen LogP contribution in [0.4, 0.5) is 11.4 Å². The molecule has 0 unspecified atom stereocenters. The molecule has 4 fully saturated rings. The summed E-state index contributed by atoms with van der Waals surface area (Å²) in [5.41, 5.74) is 3.47. The number of hydrogen-bond acceptors (Lipinski definition) is 16. The van der Waals surface area contributed by atoms with Crippen LogP contribution < -0.4 is 30.4 Å². The van der Waals surface area contributed by atoms with E-state index in [1.165, 1.54) is 52.8 Å². The molecule has 0 saturated carbocycles. The van der Waals surface area contributed by atoms with Crippen LogP contribution in [0.15, 0.2) is 130 Å². The number of thiophene rings is 2. The molecule has 4 aliphatic heterocycles. The standard InChI is InChI=1S/C73H88N8O10S2/c82-68(19-5-1-3-7-21-72(86)90-52-80-64-48-58(27-23-54(64)25-29-70(80)84)88-43-11-9-33-74-35-39-76(40-36-74)62-15-13-17-66-60(62)31-45-92-66)78-50-57-47-56(78)51-79(57)69(83)20-6-2-4-8-22-73(87)91-53-81-65-49-59(28-24-55(65)26-30-71(81)85)89-44-12-10-34-75-37-41-77(42-38-75)63-16-14-18-67-61(63)32-46-93-67/h13-18,23-32,45-46,48-49,56-57H,1-12,19-22,33-44,47,50-53H2/t56-,57-/m0/s1. The number of rotatable bonds is 32. The second-order valence-corrected chi connectivity index (χ2v) is 27.3. The molecule has 20 heteroatoms. The first-order valence-corrected chi connectivity index (χ1v) is 35.6. The third-order valence-electron chi connectivity index (χ3n) is 19.2. The van der Waals surface area contributed by atoms with Crippen LogP contribution in [0.1, 0.15) is 109 Å². The molecular weight excluding hydrogens is 1210 g/mol. The molecular formula is C73H88N8O10S2. The lowest BCUT2D eigenvalue weighted by Crippen LogP contribution is -2.50. The summed E-state index contributed by atoms with van der Waals surface area (Å²) in [6.07, 6.45) is 11.9. The molecule has 2 bridgehead atoms. The summed E-state index contributed by atoms with van der Waals surface area (Å²) in [6.45, 7) is 12.2. The minimum absolute atomic E-state index is 0.0458. The molecule has 4 aliphatic rings. The van der Waals surface area contributed by atoms with Crippen molar-refractivity contribution in [2.75, 3.05) is 102 Å². The van der Waals surface area contributed by atoms with Gasteiger partial charge in [-0.05, 0) is 165 Å². The Hall–Kier alpha value is -7.78. The van der Waals surface area contributed by atoms with Crippen LogP contribution in [0.2, 0.25) is 0 Å². The molecule has 0 spiro atoms. The fourth-order valence-corrected chi connectivity index (χ4v) is 15.6. The van der Waals surface area contributed by atoms with Crippen LogP contribution in [0.5, 0.6) is 11.5 Å². The van der Waals surface area contributed by atoms with Crippen LogP contribution >= 0.6 is 22.7 Å². The van der Waals surface area contributed by atoms with Gasteiger partial charge in [-0.1, -0.05) is 37.8 Å². The van der Waals surface area contributed by atoms with Gasteiger partial charge in [0.1, 0.15) is 11.5 Å². The highest BCUT2D eigenvalue weighted by Crippen LogP contribution is 2.35. The summed E-state index contributed by atoms with van der Waals surface area (Å²) < 4.78 is 29.1. The van der Waals surface area contributed by atoms with Crippen molar-refractivity contribution >= 4 is 99.8 Å². The predicted molar refractivity (Wildman–Crippen MR) is 370 cm³/mol. The van der Waals surface area contributed by atoms with Crippen molar-refractivity contribution in [3.05, 3.63) is 141 Å². The van der Waals surface area contributed by atoms with Gasteiger partial charge in [-0.2, -0.15) is 0 Å². The van der Waals surface area contributed by atoms with Crippen LogP contribution in [0.25, 0.3) is 42.0 Å². The van der Waals surface area contributed by atoms with Crippen LogP contribution in [-0.2, 0) is 42.1 Å². The zero-order valence-corrected chi connectivity index (χ0v) is 55.1. The second-order valence-electron chi connectivity index (χ2n) is 25.4. The predicted octanol–water partition coefficient (Wildman–Crippen LogP) is 11.9. The molecule has 8 aromatic rings. The number of ether oxygens (including phenoxy) is 4. The first kappa shape index (κ1) is 65.3. The van der Waals surface area contributed by atoms with Crippen molar-refractivity contribution in [2.45, 2.75) is 135 Å². The SMILES string of the molecule is O=C(CCCCCCC(=O)N1C[C@@H]2C[C@H]1CN2C(=O)CCCCCCC(=O)OCn1c(=O)ccc2ccc(OCCCCN3CCN(c4cccc5sccc45)CC3)cc21)OCn1c(=O)ccc2ccc(OCCCCN3CCN(c4cccc5sccc45)CC3)cc21. The quantitative estimate of drug-likeness (QED) is 0.0288. The third-order valence-corrected chi connectivity index (χ3v) is 21.0. The number of carbonyl (C=O) groups excluding carboxylic acids is 4. The normalized spacial score (nSPS) is 16.9. The molecule has 4 aromatic heterocycles. The fraction of sp³-hybridized carbons (Fsp3) is 0.479. The van der Waals surface area contributed by atoms with Gasteiger partial charge >= 0.3 is 11.9 Å². The molecule has 2 atom stereocenters. The van der Waals surface area contributed by atoms with E-state index in [4.69, 9.17) is 18.9 Å². The highest BCUT2D eigenvalue weighted by atomic mass is 32.1. The van der Waals surface area contributed by atoms with Gasteiger partial charge in [0, 0.05) is 147 Å². The maximum atomic E-state index is 13.3. The van der Waals surface area contributed by atoms with Crippen molar-refractivity contribution in [3.8, 4) is 11.5 Å². The summed E-state index contributed by atoms with van der Waals surface area (Å²) >= 11 is 3.59. The van der Waals surface area contributed by atoms with Gasteiger partial charge in [0.2, 0.25) is 11.8 Å². The van der Waals surface area contributed by atoms with E-state index in [0.29, 0.717) is 74.5 Å². The first-order valence-electron chi connectivity index (χ1n) is 33.9. The number of unbranched alkanes of at least 4 members (excludes halogenated alkanes) is 8. The number of likely N-dealkylation sites (tertiary alicyclic amines) is 2. The van der Waals surface area contributed by atoms with E-state index in [1.807, 2.05) is 46.2 Å². The maximum Gasteiger partial charge on any atom is 0.307 e. The Kier molecular flexibility index (Phi) is 22.4. The fourth-order valence-electron chi connectivity index (χ4n) is 13.9. The van der Waals surface area contributed by atoms with Gasteiger partial charge in [-0.15, -0.1) is 22.7 Å². The van der Waals surface area contributed by atoms with Gasteiger partial charge in [0.25, 0.3) is 11.1 Å². The highest BCUT2D eigenvalue weighted by Gasteiger charge is 2.46. The summed E-state index contributed by atoms with van der Waals surface area (Å²) in [7, 11) is 0. The molecule has 4 aromatic carbocycles. The van der Waals surface area contributed by atoms with Gasteiger partial charge in [0.05, 0.1) is 36.3 Å². The average molecular weight is 1300 g/mol. The molecule has 0 radical (unpaired) electrons. The van der Waals surface area contributed by atoms with Crippen molar-refractivity contribution in [3.63, 3.8) is 0 Å². The van der Waals surface area contributed by atoms with Crippen molar-refractivity contribution in [1.82, 2.24) is 28.7 Å². The van der Waals surface area contributed by atoms with Gasteiger partial charge < -0.3 is 38.5 Å². The largest absolute Gasteiger partial charge is 0.494 e. The minimum atomic E-state index is -0.371. The van der Waals surface area contributed by atoms with Gasteiger partial charge in [-0.25, -0.2) is 0 Å². The first-order chi connectivity index (χ1) is 45.6. The van der Waals surface area contributed by atoms with Gasteiger partial charge in [0.15, 0.2) is 13.5 Å². The Balaban J connectivity index is 0.472. The third kappa shape index (κ3) is 16.8. The summed E-state index contributed by atoms with van der Waals surface area (Å²) in [6, 6.07) is 35.6. The molecule has 12 rings (SSSR count). The molecule has 4 saturated heterocycles. The molecule has 8 heterocycles. The van der Waals surface area contributed by atoms with Crippen LogP contribution in [0, 0.1) is 0 Å². The molecule has 0 aliphatic carbocycles. The number of fused-ring (bicyclic) bond motifs is 6. The van der Waals surface area contributed by atoms with E-state index in [1.54, 1.807) is 34.8 Å². The van der Waals surface area contributed by atoms with Gasteiger partial charge in [-0.3, -0.25) is 47.7 Å². The molecule has 93 heavy (non-hydrogen) atoms. The lowest BCUT2D eigenvalue weighted by molar-refractivity contribution is -0.148. The zero-order valence-electron chi connectivity index (χ0n) is 53.5. The molecule has 18 nitrogen and oxygen atoms in total. The van der Waals surface area contributed by atoms with Crippen molar-refractivity contribution in [1.29, 1.82) is 0 Å². The lowest BCUT2D eigenvalue weighted by Gasteiger charge is -2.36. The second kappa shape index (κ2) is 31.9. The minimum Gasteiger partial charge on any atom is -0.494 e. The number of benzene rings is 4. The van der Waals surface area contributed by atoms with E-state index < -0.39 is 0 Å². The number of amides is 2. The van der Waals surface area contributed by atoms with E-state index in [-0.39, 0.29) is 73.3 Å². The molecule has 0 N–H and O–H groups in total. The Morgan fingerprint density at radius 3 is 1.29 bits per heavy atom. The number of anilines is 2. The Bertz CT molecular complexity index is 3730. The average Bonchev–Trinajstić information content (AvgIpc) is 1.77. The van der Waals surface area contributed by atoms with E-state index >= 15 is 0 Å². The molecule has 492 valence electrons. The zero-order chi connectivity index (χ0) is 63.9. The maximum absolute atomic E-state index is 13.3. The number of aromatic nitrogens is 2. The number of pyridine rings is 2. The van der Waals surface area contributed by atoms with E-state index in [9.17, 15) is 28.8 Å². The summed E-state index contributed by atoms with van der Waals surface area (Å²) in [5.74, 6) is 0.843. The van der Waals surface area contributed by atoms with Crippen molar-refractivity contribution < 1.29 is 38.1 Å². The number of hydrogen-bond donors (Lipinski definition) is 0. The highest BCUT2D eigenvalue weighted by molar-refractivity contribution is 7.17. The van der Waals surface area contributed by atoms with E-state index in [2.05, 4.69) is 78.9 Å². The lowest BCUT2D eigenvalue weighted by atomic mass is 10.1. The van der Waals surface area contributed by atoms with Crippen LogP contribution in [0.3, 0.4) is 0 Å². The van der Waals surface area contributed by atoms with Crippen LogP contribution in [-0.4, -0.2) is 156 Å². The topological polar surface area (TPSA) is 169 Å². The number of piperazine rings is 3. The Morgan fingerprint density at radius 2 is 0.860 bits per heavy atom. The number of nitrogens with zero attached hydrogens (tertiary/aromatic N) is 8. The number of carbonyl (C=O) groups is 4.